The molecule has 0 atom stereocenters. The lowest BCUT2D eigenvalue weighted by Gasteiger charge is -2.21. The maximum absolute atomic E-state index is 12.4. The molecule has 31 heavy (non-hydrogen) atoms. The summed E-state index contributed by atoms with van der Waals surface area (Å²) < 4.78 is 31.1. The first-order chi connectivity index (χ1) is 14.7. The molecule has 0 saturated heterocycles. The Labute approximate surface area is 185 Å². The molecule has 0 spiro atoms. The van der Waals surface area contributed by atoms with E-state index >= 15 is 0 Å². The smallest absolute Gasteiger partial charge is 0.321 e. The Bertz CT molecular complexity index is 1010. The highest BCUT2D eigenvalue weighted by atomic mass is 32.2. The number of nitrogens with zero attached hydrogens (tertiary/aromatic N) is 1. The molecule has 2 N–H and O–H groups in total. The molecule has 0 aliphatic rings. The molecule has 0 aliphatic carbocycles. The minimum atomic E-state index is -3.81. The molecule has 0 aliphatic heterocycles. The van der Waals surface area contributed by atoms with Gasteiger partial charge in [-0.2, -0.15) is 4.72 Å². The van der Waals surface area contributed by atoms with E-state index in [0.717, 1.165) is 16.9 Å². The maximum Gasteiger partial charge on any atom is 0.321 e. The fourth-order valence-corrected chi connectivity index (χ4v) is 4.57. The molecule has 0 saturated carbocycles. The summed E-state index contributed by atoms with van der Waals surface area (Å²) in [5.41, 5.74) is 1.55. The summed E-state index contributed by atoms with van der Waals surface area (Å²) in [6, 6.07) is 10.3. The minimum absolute atomic E-state index is 0.0742. The van der Waals surface area contributed by atoms with Gasteiger partial charge in [-0.05, 0) is 36.4 Å². The Morgan fingerprint density at radius 3 is 2.52 bits per heavy atom. The van der Waals surface area contributed by atoms with Crippen LogP contribution in [0.1, 0.15) is 18.9 Å². The monoisotopic (exact) mass is 467 g/mol. The molecule has 1 aromatic heterocycles. The number of amides is 2. The molecule has 0 fully saturated rings. The summed E-state index contributed by atoms with van der Waals surface area (Å²) in [7, 11) is -3.81. The molecule has 2 rings (SSSR count). The van der Waals surface area contributed by atoms with Crippen LogP contribution >= 0.6 is 11.3 Å². The molecule has 0 bridgehead atoms. The van der Waals surface area contributed by atoms with Crippen molar-refractivity contribution >= 4 is 44.8 Å². The summed E-state index contributed by atoms with van der Waals surface area (Å²) >= 11 is 1.01. The van der Waals surface area contributed by atoms with Gasteiger partial charge in [0.05, 0.1) is 6.54 Å². The number of aryl methyl sites for hydroxylation is 1. The highest BCUT2D eigenvalue weighted by Gasteiger charge is 2.20. The highest BCUT2D eigenvalue weighted by molar-refractivity contribution is 7.91. The van der Waals surface area contributed by atoms with Crippen LogP contribution in [0.4, 0.5) is 5.69 Å². The predicted molar refractivity (Wildman–Crippen MR) is 117 cm³/mol. The van der Waals surface area contributed by atoms with Crippen LogP contribution in [0.3, 0.4) is 0 Å². The Morgan fingerprint density at radius 2 is 1.87 bits per heavy atom. The van der Waals surface area contributed by atoms with Crippen molar-refractivity contribution in [2.24, 2.45) is 0 Å². The molecule has 0 unspecified atom stereocenters. The zero-order chi connectivity index (χ0) is 22.9. The lowest BCUT2D eigenvalue weighted by Crippen LogP contribution is -2.41. The summed E-state index contributed by atoms with van der Waals surface area (Å²) in [5, 5.41) is 4.35. The number of anilines is 1. The average Bonchev–Trinajstić information content (AvgIpc) is 3.28. The van der Waals surface area contributed by atoms with Crippen molar-refractivity contribution in [3.8, 4) is 0 Å². The van der Waals surface area contributed by atoms with Gasteiger partial charge in [0.15, 0.2) is 6.61 Å². The largest absolute Gasteiger partial charge is 0.455 e. The van der Waals surface area contributed by atoms with Crippen LogP contribution in [0.5, 0.6) is 0 Å². The molecule has 1 aromatic carbocycles. The Balaban J connectivity index is 1.83. The third-order valence-electron chi connectivity index (χ3n) is 4.12. The van der Waals surface area contributed by atoms with Gasteiger partial charge in [0, 0.05) is 12.2 Å². The summed E-state index contributed by atoms with van der Waals surface area (Å²) in [4.78, 5) is 37.9. The molecule has 2 amide bonds. The first-order valence-corrected chi connectivity index (χ1v) is 11.9. The number of rotatable bonds is 11. The van der Waals surface area contributed by atoms with Crippen LogP contribution in [-0.2, 0) is 29.1 Å². The predicted octanol–water partition coefficient (Wildman–Crippen LogP) is 1.76. The molecule has 168 valence electrons. The molecule has 0 radical (unpaired) electrons. The van der Waals surface area contributed by atoms with Crippen molar-refractivity contribution in [2.75, 3.05) is 31.6 Å². The van der Waals surface area contributed by atoms with Gasteiger partial charge in [0.1, 0.15) is 10.8 Å². The number of nitrogens with one attached hydrogen (secondary N) is 2. The van der Waals surface area contributed by atoms with Crippen LogP contribution in [0, 0.1) is 6.92 Å². The van der Waals surface area contributed by atoms with E-state index in [0.29, 0.717) is 18.7 Å². The van der Waals surface area contributed by atoms with Gasteiger partial charge in [-0.15, -0.1) is 11.3 Å². The normalized spacial score (nSPS) is 11.0. The number of ether oxygens (including phenoxy) is 1. The van der Waals surface area contributed by atoms with Crippen molar-refractivity contribution in [1.29, 1.82) is 0 Å². The number of hydrogen-bond donors (Lipinski definition) is 2. The van der Waals surface area contributed by atoms with Gasteiger partial charge in [-0.3, -0.25) is 14.4 Å². The summed E-state index contributed by atoms with van der Waals surface area (Å²) in [6.07, 6.45) is 0.609. The maximum atomic E-state index is 12.4. The molecular weight excluding hydrogens is 442 g/mol. The zero-order valence-electron chi connectivity index (χ0n) is 17.3. The second kappa shape index (κ2) is 11.6. The van der Waals surface area contributed by atoms with Crippen molar-refractivity contribution in [3.05, 3.63) is 47.3 Å². The van der Waals surface area contributed by atoms with E-state index in [9.17, 15) is 22.8 Å². The van der Waals surface area contributed by atoms with Crippen molar-refractivity contribution < 1.29 is 27.5 Å². The van der Waals surface area contributed by atoms with Gasteiger partial charge < -0.3 is 15.0 Å². The number of para-hydroxylation sites is 1. The number of thiophene rings is 1. The second-order valence-corrected chi connectivity index (χ2v) is 9.54. The second-order valence-electron chi connectivity index (χ2n) is 6.60. The van der Waals surface area contributed by atoms with Gasteiger partial charge in [0.2, 0.25) is 5.91 Å². The fraction of sp³-hybridized carbons (Fsp3) is 0.350. The van der Waals surface area contributed by atoms with E-state index in [4.69, 9.17) is 4.74 Å². The number of carbonyl (C=O) groups is 3. The lowest BCUT2D eigenvalue weighted by molar-refractivity contribution is -0.151. The number of sulfonamides is 1. The zero-order valence-corrected chi connectivity index (χ0v) is 18.9. The Hall–Kier alpha value is -2.76. The van der Waals surface area contributed by atoms with Crippen LogP contribution < -0.4 is 10.0 Å². The first kappa shape index (κ1) is 24.5. The van der Waals surface area contributed by atoms with Gasteiger partial charge in [-0.1, -0.05) is 31.2 Å². The van der Waals surface area contributed by atoms with Gasteiger partial charge in [0.25, 0.3) is 15.9 Å². The Morgan fingerprint density at radius 1 is 1.13 bits per heavy atom. The van der Waals surface area contributed by atoms with E-state index in [-0.39, 0.29) is 16.7 Å². The third-order valence-corrected chi connectivity index (χ3v) is 6.92. The van der Waals surface area contributed by atoms with Crippen LogP contribution in [0.2, 0.25) is 0 Å². The minimum Gasteiger partial charge on any atom is -0.455 e. The SMILES string of the molecule is CCCN(CC(=O)Nc1ccccc1C)C(=O)COC(=O)CNS(=O)(=O)c1cccs1. The van der Waals surface area contributed by atoms with Crippen LogP contribution in [0.25, 0.3) is 0 Å². The fourth-order valence-electron chi connectivity index (χ4n) is 2.56. The van der Waals surface area contributed by atoms with Crippen LogP contribution in [0.15, 0.2) is 46.0 Å². The number of carbonyl (C=O) groups excluding carboxylic acids is 3. The molecule has 2 aromatic rings. The van der Waals surface area contributed by atoms with E-state index in [2.05, 4.69) is 10.0 Å². The summed E-state index contributed by atoms with van der Waals surface area (Å²) in [5.74, 6) is -1.81. The van der Waals surface area contributed by atoms with Gasteiger partial charge >= 0.3 is 5.97 Å². The quantitative estimate of drug-likeness (QED) is 0.486. The topological polar surface area (TPSA) is 122 Å². The molecule has 11 heteroatoms. The van der Waals surface area contributed by atoms with Crippen molar-refractivity contribution in [1.82, 2.24) is 9.62 Å². The van der Waals surface area contributed by atoms with E-state index < -0.39 is 35.1 Å². The lowest BCUT2D eigenvalue weighted by atomic mass is 10.2. The first-order valence-electron chi connectivity index (χ1n) is 9.55. The van der Waals surface area contributed by atoms with Crippen molar-refractivity contribution in [2.45, 2.75) is 24.5 Å². The van der Waals surface area contributed by atoms with E-state index in [1.165, 1.54) is 11.0 Å². The molecular formula is C20H25N3O6S2. The standard InChI is InChI=1S/C20H25N3O6S2/c1-3-10-23(13-17(24)22-16-8-5-4-7-15(16)2)18(25)14-29-19(26)12-21-31(27,28)20-9-6-11-30-20/h4-9,11,21H,3,10,12-14H2,1-2H3,(H,22,24). The van der Waals surface area contributed by atoms with Crippen molar-refractivity contribution in [3.63, 3.8) is 0 Å². The molecule has 9 nitrogen and oxygen atoms in total. The molecule has 1 heterocycles. The average molecular weight is 468 g/mol. The highest BCUT2D eigenvalue weighted by Crippen LogP contribution is 2.15. The summed E-state index contributed by atoms with van der Waals surface area (Å²) in [6.45, 7) is 2.64. The van der Waals surface area contributed by atoms with Crippen LogP contribution in [-0.4, -0.2) is 57.3 Å². The van der Waals surface area contributed by atoms with Gasteiger partial charge in [-0.25, -0.2) is 8.42 Å². The number of hydrogen-bond acceptors (Lipinski definition) is 7. The third kappa shape index (κ3) is 7.78. The Kier molecular flexibility index (Phi) is 9.16. The van der Waals surface area contributed by atoms with E-state index in [1.54, 1.807) is 23.6 Å². The van der Waals surface area contributed by atoms with E-state index in [1.807, 2.05) is 26.0 Å². The number of benzene rings is 1. The number of esters is 1.